The van der Waals surface area contributed by atoms with Crippen molar-refractivity contribution in [2.24, 2.45) is 0 Å². The minimum atomic E-state index is -0.262. The van der Waals surface area contributed by atoms with E-state index in [0.29, 0.717) is 19.0 Å². The lowest BCUT2D eigenvalue weighted by Crippen LogP contribution is -2.38. The van der Waals surface area contributed by atoms with E-state index in [0.717, 1.165) is 43.7 Å². The maximum atomic E-state index is 9.82. The summed E-state index contributed by atoms with van der Waals surface area (Å²) < 4.78 is 0. The molecule has 2 aromatic heterocycles. The van der Waals surface area contributed by atoms with Crippen LogP contribution in [0.1, 0.15) is 36.2 Å². The molecule has 0 saturated carbocycles. The van der Waals surface area contributed by atoms with Crippen LogP contribution in [0.25, 0.3) is 0 Å². The summed E-state index contributed by atoms with van der Waals surface area (Å²) in [4.78, 5) is 19.4. The topological polar surface area (TPSA) is 127 Å². The molecule has 1 unspecified atom stereocenters. The summed E-state index contributed by atoms with van der Waals surface area (Å²) in [5.74, 6) is 1.48. The van der Waals surface area contributed by atoms with Crippen molar-refractivity contribution in [1.82, 2.24) is 20.2 Å². The second kappa shape index (κ2) is 8.61. The molecule has 0 amide bonds. The van der Waals surface area contributed by atoms with E-state index < -0.39 is 0 Å². The first-order valence-corrected chi connectivity index (χ1v) is 8.84. The third-order valence-corrected chi connectivity index (χ3v) is 4.67. The van der Waals surface area contributed by atoms with E-state index in [9.17, 15) is 5.11 Å². The van der Waals surface area contributed by atoms with Gasteiger partial charge >= 0.3 is 0 Å². The molecule has 140 valence electrons. The second-order valence-corrected chi connectivity index (χ2v) is 6.42. The Morgan fingerprint density at radius 3 is 3.04 bits per heavy atom. The van der Waals surface area contributed by atoms with Crippen LogP contribution < -0.4 is 10.2 Å². The van der Waals surface area contributed by atoms with E-state index in [1.807, 2.05) is 6.07 Å². The van der Waals surface area contributed by atoms with Crippen LogP contribution in [-0.2, 0) is 24.2 Å². The summed E-state index contributed by atoms with van der Waals surface area (Å²) in [6.45, 7) is 1.96. The van der Waals surface area contributed by atoms with Crippen LogP contribution in [0.2, 0.25) is 0 Å². The lowest BCUT2D eigenvalue weighted by Gasteiger charge is -2.31. The minimum Gasteiger partial charge on any atom is -0.483 e. The second-order valence-electron chi connectivity index (χ2n) is 6.42. The number of nitrogens with zero attached hydrogens (tertiary/aromatic N) is 4. The molecule has 1 aliphatic heterocycles. The molecule has 9 heteroatoms. The van der Waals surface area contributed by atoms with Crippen molar-refractivity contribution in [3.8, 4) is 0 Å². The van der Waals surface area contributed by atoms with Crippen LogP contribution in [-0.4, -0.2) is 56.0 Å². The number of anilines is 2. The zero-order valence-electron chi connectivity index (χ0n) is 14.6. The van der Waals surface area contributed by atoms with Gasteiger partial charge in [-0.2, -0.15) is 10.1 Å². The fraction of sp³-hybridized carbons (Fsp3) is 0.529. The third kappa shape index (κ3) is 4.29. The number of carboxylic acid groups (broad SMARTS) is 1. The Morgan fingerprint density at radius 2 is 2.23 bits per heavy atom. The van der Waals surface area contributed by atoms with Crippen LogP contribution in [0.5, 0.6) is 0 Å². The van der Waals surface area contributed by atoms with Crippen LogP contribution >= 0.6 is 0 Å². The number of aryl methyl sites for hydroxylation is 1. The number of H-pyrrole nitrogens is 1. The SMILES string of the molecule is O=CO.OC1CCCN(c2ccnc(NCc3n[nH]c4c3CCC4)n2)C1. The van der Waals surface area contributed by atoms with Gasteiger partial charge in [-0.15, -0.1) is 0 Å². The average Bonchev–Trinajstić information content (AvgIpc) is 3.25. The number of piperidine rings is 1. The molecule has 1 fully saturated rings. The first-order chi connectivity index (χ1) is 12.7. The van der Waals surface area contributed by atoms with Gasteiger partial charge < -0.3 is 20.4 Å². The fourth-order valence-corrected chi connectivity index (χ4v) is 3.47. The number of aromatic amines is 1. The van der Waals surface area contributed by atoms with Gasteiger partial charge in [0, 0.05) is 25.0 Å². The number of aliphatic hydroxyl groups is 1. The summed E-state index contributed by atoms with van der Waals surface area (Å²) in [7, 11) is 0. The monoisotopic (exact) mass is 360 g/mol. The first kappa shape index (κ1) is 18.1. The summed E-state index contributed by atoms with van der Waals surface area (Å²) in [5.41, 5.74) is 3.70. The smallest absolute Gasteiger partial charge is 0.290 e. The highest BCUT2D eigenvalue weighted by atomic mass is 16.3. The molecule has 1 atom stereocenters. The molecule has 0 aromatic carbocycles. The zero-order chi connectivity index (χ0) is 18.4. The van der Waals surface area contributed by atoms with Gasteiger partial charge in [-0.05, 0) is 43.7 Å². The number of aromatic nitrogens is 4. The lowest BCUT2D eigenvalue weighted by atomic mass is 10.1. The quantitative estimate of drug-likeness (QED) is 0.594. The maximum Gasteiger partial charge on any atom is 0.290 e. The number of nitrogens with one attached hydrogen (secondary N) is 2. The maximum absolute atomic E-state index is 9.82. The Morgan fingerprint density at radius 1 is 1.38 bits per heavy atom. The standard InChI is InChI=1S/C16H22N6O.CH2O2/c23-11-3-2-8-22(10-11)15-6-7-17-16(19-15)18-9-14-12-4-1-5-13(12)20-21-14;2-1-3/h6-7,11,23H,1-5,8-10H2,(H,20,21)(H,17,18,19);1H,(H,2,3). The van der Waals surface area contributed by atoms with E-state index >= 15 is 0 Å². The van der Waals surface area contributed by atoms with Gasteiger partial charge in [0.1, 0.15) is 5.82 Å². The predicted molar refractivity (Wildman–Crippen MR) is 96.1 cm³/mol. The molecule has 9 nitrogen and oxygen atoms in total. The Bertz CT molecular complexity index is 735. The van der Waals surface area contributed by atoms with E-state index in [1.54, 1.807) is 6.20 Å². The minimum absolute atomic E-state index is 0.250. The molecular formula is C17H24N6O3. The molecule has 0 radical (unpaired) electrons. The molecule has 26 heavy (non-hydrogen) atoms. The molecule has 0 spiro atoms. The van der Waals surface area contributed by atoms with Gasteiger partial charge in [0.05, 0.1) is 18.3 Å². The van der Waals surface area contributed by atoms with Crippen molar-refractivity contribution in [2.75, 3.05) is 23.3 Å². The normalized spacial score (nSPS) is 18.7. The highest BCUT2D eigenvalue weighted by molar-refractivity contribution is 5.43. The Kier molecular flexibility index (Phi) is 6.00. The van der Waals surface area contributed by atoms with E-state index in [2.05, 4.69) is 30.4 Å². The molecule has 0 bridgehead atoms. The van der Waals surface area contributed by atoms with Crippen LogP contribution in [0, 0.1) is 0 Å². The molecular weight excluding hydrogens is 336 g/mol. The molecule has 4 N–H and O–H groups in total. The van der Waals surface area contributed by atoms with Crippen molar-refractivity contribution in [3.63, 3.8) is 0 Å². The molecule has 2 aliphatic rings. The van der Waals surface area contributed by atoms with Gasteiger partial charge in [-0.25, -0.2) is 4.98 Å². The average molecular weight is 360 g/mol. The largest absolute Gasteiger partial charge is 0.483 e. The summed E-state index contributed by atoms with van der Waals surface area (Å²) in [6, 6.07) is 1.90. The van der Waals surface area contributed by atoms with E-state index in [4.69, 9.17) is 9.90 Å². The fourth-order valence-electron chi connectivity index (χ4n) is 3.47. The highest BCUT2D eigenvalue weighted by Crippen LogP contribution is 2.23. The van der Waals surface area contributed by atoms with E-state index in [1.165, 1.54) is 17.7 Å². The molecule has 2 aromatic rings. The lowest BCUT2D eigenvalue weighted by molar-refractivity contribution is -0.122. The van der Waals surface area contributed by atoms with Crippen LogP contribution in [0.3, 0.4) is 0 Å². The van der Waals surface area contributed by atoms with Gasteiger partial charge in [0.2, 0.25) is 5.95 Å². The number of fused-ring (bicyclic) bond motifs is 1. The summed E-state index contributed by atoms with van der Waals surface area (Å²) in [6.07, 6.45) is 6.79. The Balaban J connectivity index is 0.000000613. The first-order valence-electron chi connectivity index (χ1n) is 8.84. The number of hydrogen-bond acceptors (Lipinski definition) is 7. The zero-order valence-corrected chi connectivity index (χ0v) is 14.6. The van der Waals surface area contributed by atoms with Gasteiger partial charge in [0.25, 0.3) is 6.47 Å². The Labute approximate surface area is 151 Å². The van der Waals surface area contributed by atoms with Crippen molar-refractivity contribution in [1.29, 1.82) is 0 Å². The molecule has 1 aliphatic carbocycles. The molecule has 3 heterocycles. The predicted octanol–water partition coefficient (Wildman–Crippen LogP) is 0.962. The van der Waals surface area contributed by atoms with Crippen LogP contribution in [0.15, 0.2) is 12.3 Å². The van der Waals surface area contributed by atoms with Crippen molar-refractivity contribution >= 4 is 18.2 Å². The third-order valence-electron chi connectivity index (χ3n) is 4.67. The molecule has 4 rings (SSSR count). The van der Waals surface area contributed by atoms with Crippen molar-refractivity contribution < 1.29 is 15.0 Å². The van der Waals surface area contributed by atoms with Gasteiger partial charge in [0.15, 0.2) is 0 Å². The van der Waals surface area contributed by atoms with Gasteiger partial charge in [-0.1, -0.05) is 0 Å². The number of aliphatic hydroxyl groups excluding tert-OH is 1. The van der Waals surface area contributed by atoms with E-state index in [-0.39, 0.29) is 12.6 Å². The highest BCUT2D eigenvalue weighted by Gasteiger charge is 2.20. The number of hydrogen-bond donors (Lipinski definition) is 4. The van der Waals surface area contributed by atoms with Crippen LogP contribution in [0.4, 0.5) is 11.8 Å². The Hall–Kier alpha value is -2.68. The van der Waals surface area contributed by atoms with Crippen molar-refractivity contribution in [3.05, 3.63) is 29.2 Å². The number of rotatable bonds is 4. The van der Waals surface area contributed by atoms with Crippen molar-refractivity contribution in [2.45, 2.75) is 44.8 Å². The summed E-state index contributed by atoms with van der Waals surface area (Å²) in [5, 5.41) is 27.5. The number of β-amino-alcohol motifs (C(OH)–C–C–N with tert-alkyl or cyclic N) is 1. The number of carbonyl (C=O) groups is 1. The van der Waals surface area contributed by atoms with Gasteiger partial charge in [-0.3, -0.25) is 9.89 Å². The summed E-state index contributed by atoms with van der Waals surface area (Å²) >= 11 is 0. The molecule has 1 saturated heterocycles.